The molecule has 2 N–H and O–H groups in total. The van der Waals surface area contributed by atoms with Gasteiger partial charge in [-0.2, -0.15) is 0 Å². The number of H-pyrrole nitrogens is 1. The van der Waals surface area contributed by atoms with Crippen LogP contribution in [0.2, 0.25) is 0 Å². The zero-order valence-electron chi connectivity index (χ0n) is 15.9. The van der Waals surface area contributed by atoms with Crippen LogP contribution in [-0.4, -0.2) is 15.1 Å². The number of para-hydroxylation sites is 2. The van der Waals surface area contributed by atoms with Crippen LogP contribution in [0.15, 0.2) is 89.2 Å². The second-order valence-corrected chi connectivity index (χ2v) is 7.32. The first kappa shape index (κ1) is 16.7. The largest absolute Gasteiger partial charge is 0.494 e. The molecule has 0 saturated heterocycles. The molecule has 6 rings (SSSR count). The third-order valence-electron chi connectivity index (χ3n) is 5.43. The topological polar surface area (TPSA) is 73.6 Å². The third-order valence-corrected chi connectivity index (χ3v) is 5.43. The van der Waals surface area contributed by atoms with Crippen LogP contribution in [0.4, 0.5) is 5.69 Å². The molecule has 1 aliphatic heterocycles. The summed E-state index contributed by atoms with van der Waals surface area (Å²) in [5, 5.41) is 23.1. The summed E-state index contributed by atoms with van der Waals surface area (Å²) < 4.78 is 0. The van der Waals surface area contributed by atoms with E-state index in [-0.39, 0.29) is 5.88 Å². The second kappa shape index (κ2) is 6.39. The molecule has 0 saturated carbocycles. The van der Waals surface area contributed by atoms with Crippen LogP contribution < -0.4 is 10.4 Å². The zero-order chi connectivity index (χ0) is 20.1. The first-order valence-corrected chi connectivity index (χ1v) is 9.69. The first-order chi connectivity index (χ1) is 14.8. The summed E-state index contributed by atoms with van der Waals surface area (Å²) in [5.41, 5.74) is 5.21. The van der Waals surface area contributed by atoms with Gasteiger partial charge in [0.25, 0.3) is 0 Å². The summed E-state index contributed by atoms with van der Waals surface area (Å²) in [5.74, 6) is 0.160. The van der Waals surface area contributed by atoms with Gasteiger partial charge in [-0.3, -0.25) is 4.98 Å². The highest BCUT2D eigenvalue weighted by molar-refractivity contribution is 5.91. The minimum absolute atomic E-state index is 0.160. The number of aromatic nitrogens is 2. The number of rotatable bonds is 2. The van der Waals surface area contributed by atoms with Gasteiger partial charge >= 0.3 is 0 Å². The van der Waals surface area contributed by atoms with E-state index >= 15 is 0 Å². The lowest BCUT2D eigenvalue weighted by molar-refractivity contribution is 0.457. The van der Waals surface area contributed by atoms with E-state index in [1.54, 1.807) is 0 Å². The van der Waals surface area contributed by atoms with Crippen LogP contribution in [0.3, 0.4) is 0 Å². The van der Waals surface area contributed by atoms with Crippen molar-refractivity contribution in [1.82, 2.24) is 9.97 Å². The molecule has 2 aromatic heterocycles. The molecule has 0 fully saturated rings. The maximum absolute atomic E-state index is 10.3. The third kappa shape index (κ3) is 2.60. The van der Waals surface area contributed by atoms with Crippen molar-refractivity contribution in [2.45, 2.75) is 0 Å². The minimum atomic E-state index is 0.160. The SMILES string of the molecule is Oc1[nH]c2ccccc2c1C=c1ccc2c(c1)N=NC=2c1cnc2ccccc2c1. The Morgan fingerprint density at radius 1 is 0.867 bits per heavy atom. The molecule has 0 amide bonds. The van der Waals surface area contributed by atoms with Gasteiger partial charge in [0.05, 0.1) is 11.2 Å². The van der Waals surface area contributed by atoms with E-state index in [0.29, 0.717) is 0 Å². The van der Waals surface area contributed by atoms with Crippen LogP contribution in [0.25, 0.3) is 33.6 Å². The fourth-order valence-corrected chi connectivity index (χ4v) is 3.96. The molecule has 0 spiro atoms. The minimum Gasteiger partial charge on any atom is -0.494 e. The van der Waals surface area contributed by atoms with Crippen molar-refractivity contribution in [3.63, 3.8) is 0 Å². The number of aromatic amines is 1. The Bertz CT molecular complexity index is 1610. The van der Waals surface area contributed by atoms with Gasteiger partial charge in [0.2, 0.25) is 0 Å². The lowest BCUT2D eigenvalue weighted by Crippen LogP contribution is -2.09. The van der Waals surface area contributed by atoms with Gasteiger partial charge in [0.15, 0.2) is 5.88 Å². The van der Waals surface area contributed by atoms with Gasteiger partial charge < -0.3 is 10.1 Å². The van der Waals surface area contributed by atoms with Crippen molar-refractivity contribution in [3.05, 3.63) is 101 Å². The molecular weight excluding hydrogens is 372 g/mol. The molecule has 0 unspecified atom stereocenters. The van der Waals surface area contributed by atoms with Crippen molar-refractivity contribution < 1.29 is 5.11 Å². The number of benzene rings is 3. The smallest absolute Gasteiger partial charge is 0.196 e. The van der Waals surface area contributed by atoms with Crippen molar-refractivity contribution in [3.8, 4) is 5.88 Å². The summed E-state index contributed by atoms with van der Waals surface area (Å²) in [4.78, 5) is 7.56. The predicted molar refractivity (Wildman–Crippen MR) is 118 cm³/mol. The van der Waals surface area contributed by atoms with Crippen LogP contribution >= 0.6 is 0 Å². The van der Waals surface area contributed by atoms with Gasteiger partial charge in [0.1, 0.15) is 5.70 Å². The number of nitrogens with zero attached hydrogens (tertiary/aromatic N) is 3. The summed E-state index contributed by atoms with van der Waals surface area (Å²) in [6.07, 6.45) is 3.80. The Morgan fingerprint density at radius 3 is 2.70 bits per heavy atom. The summed E-state index contributed by atoms with van der Waals surface area (Å²) in [6, 6.07) is 24.0. The van der Waals surface area contributed by atoms with Crippen LogP contribution in [0.5, 0.6) is 5.88 Å². The molecular formula is C25H16N4O. The highest BCUT2D eigenvalue weighted by Gasteiger charge is 2.13. The second-order valence-electron chi connectivity index (χ2n) is 7.32. The number of hydrogen-bond donors (Lipinski definition) is 2. The van der Waals surface area contributed by atoms with Crippen LogP contribution in [0, 0.1) is 0 Å². The Balaban J connectivity index is 1.49. The van der Waals surface area contributed by atoms with Gasteiger partial charge in [0, 0.05) is 38.8 Å². The molecule has 142 valence electrons. The highest BCUT2D eigenvalue weighted by Crippen LogP contribution is 2.28. The predicted octanol–water partition coefficient (Wildman–Crippen LogP) is 4.50. The average molecular weight is 388 g/mol. The van der Waals surface area contributed by atoms with Crippen molar-refractivity contribution in [2.75, 3.05) is 0 Å². The van der Waals surface area contributed by atoms with Crippen LogP contribution in [-0.2, 0) is 0 Å². The first-order valence-electron chi connectivity index (χ1n) is 9.69. The molecule has 0 atom stereocenters. The van der Waals surface area contributed by atoms with Gasteiger partial charge in [-0.05, 0) is 41.6 Å². The summed E-state index contributed by atoms with van der Waals surface area (Å²) in [7, 11) is 0. The van der Waals surface area contributed by atoms with Crippen molar-refractivity contribution in [1.29, 1.82) is 0 Å². The Hall–Kier alpha value is -4.25. The standard InChI is InChI=1S/C25H16N4O/c30-25-20(18-6-2-4-8-22(18)27-25)11-15-9-10-19-23(12-15)28-29-24(19)17-13-16-5-1-3-7-21(16)26-14-17/h1-14,27,30H. The number of fused-ring (bicyclic) bond motifs is 3. The molecule has 3 aromatic carbocycles. The van der Waals surface area contributed by atoms with E-state index in [0.717, 1.165) is 54.8 Å². The van der Waals surface area contributed by atoms with E-state index in [9.17, 15) is 5.11 Å². The molecule has 0 aliphatic carbocycles. The van der Waals surface area contributed by atoms with Gasteiger partial charge in [-0.1, -0.05) is 42.5 Å². The van der Waals surface area contributed by atoms with Crippen LogP contribution in [0.1, 0.15) is 11.1 Å². The van der Waals surface area contributed by atoms with Gasteiger partial charge in [-0.15, -0.1) is 10.2 Å². The zero-order valence-corrected chi connectivity index (χ0v) is 15.9. The van der Waals surface area contributed by atoms with E-state index < -0.39 is 0 Å². The fourth-order valence-electron chi connectivity index (χ4n) is 3.96. The quantitative estimate of drug-likeness (QED) is 0.467. The maximum atomic E-state index is 10.3. The van der Waals surface area contributed by atoms with E-state index in [4.69, 9.17) is 0 Å². The summed E-state index contributed by atoms with van der Waals surface area (Å²) in [6.45, 7) is 0. The molecule has 3 heterocycles. The molecule has 30 heavy (non-hydrogen) atoms. The molecule has 5 heteroatoms. The van der Waals surface area contributed by atoms with E-state index in [1.807, 2.05) is 79.0 Å². The Morgan fingerprint density at radius 2 is 1.73 bits per heavy atom. The molecule has 0 bridgehead atoms. The number of nitrogens with one attached hydrogen (secondary N) is 1. The van der Waals surface area contributed by atoms with Gasteiger partial charge in [-0.25, -0.2) is 0 Å². The number of azo groups is 1. The number of aromatic hydroxyl groups is 1. The molecule has 5 aromatic rings. The lowest BCUT2D eigenvalue weighted by atomic mass is 10.1. The van der Waals surface area contributed by atoms with Crippen molar-refractivity contribution >= 4 is 39.3 Å². The highest BCUT2D eigenvalue weighted by atomic mass is 16.3. The van der Waals surface area contributed by atoms with E-state index in [1.165, 1.54) is 0 Å². The molecule has 0 radical (unpaired) electrons. The maximum Gasteiger partial charge on any atom is 0.196 e. The lowest BCUT2D eigenvalue weighted by Gasteiger charge is -2.01. The Kier molecular flexibility index (Phi) is 3.55. The average Bonchev–Trinajstić information content (AvgIpc) is 3.34. The number of pyridine rings is 1. The molecule has 1 aliphatic rings. The Labute approximate surface area is 171 Å². The summed E-state index contributed by atoms with van der Waals surface area (Å²) >= 11 is 0. The fraction of sp³-hybridized carbons (Fsp3) is 0. The molecule has 5 nitrogen and oxygen atoms in total. The van der Waals surface area contributed by atoms with E-state index in [2.05, 4.69) is 26.3 Å². The normalized spacial score (nSPS) is 13.5. The monoisotopic (exact) mass is 388 g/mol. The van der Waals surface area contributed by atoms with Crippen molar-refractivity contribution in [2.24, 2.45) is 10.2 Å². The number of hydrogen-bond acceptors (Lipinski definition) is 4.